The summed E-state index contributed by atoms with van der Waals surface area (Å²) in [7, 11) is 5.72. The Morgan fingerprint density at radius 2 is 0.707 bits per heavy atom. The van der Waals surface area contributed by atoms with Gasteiger partial charge < -0.3 is 19.2 Å². The molecule has 0 aromatic carbocycles. The molecular formula is C27H54N3O10P. The molecule has 13 nitrogen and oxygen atoms in total. The van der Waals surface area contributed by atoms with E-state index in [1.807, 2.05) is 42.3 Å². The van der Waals surface area contributed by atoms with Crippen molar-refractivity contribution >= 4 is 25.7 Å². The first kappa shape index (κ1) is 45.6. The van der Waals surface area contributed by atoms with Crippen LogP contribution >= 0.6 is 7.82 Å². The van der Waals surface area contributed by atoms with Crippen molar-refractivity contribution in [2.24, 2.45) is 0 Å². The van der Waals surface area contributed by atoms with Crippen LogP contribution in [0.2, 0.25) is 0 Å². The lowest BCUT2D eigenvalue weighted by Gasteiger charge is -2.36. The van der Waals surface area contributed by atoms with Crippen molar-refractivity contribution in [2.75, 3.05) is 61.9 Å². The number of hydroxylamine groups is 9. The molecule has 14 heteroatoms. The minimum absolute atomic E-state index is 0.266. The molecule has 0 amide bonds. The van der Waals surface area contributed by atoms with Crippen molar-refractivity contribution in [3.8, 4) is 0 Å². The molecule has 0 aliphatic rings. The third-order valence-corrected chi connectivity index (χ3v) is 4.32. The Labute approximate surface area is 247 Å². The van der Waals surface area contributed by atoms with Crippen molar-refractivity contribution in [2.45, 2.75) is 60.8 Å². The fourth-order valence-corrected chi connectivity index (χ4v) is 2.66. The molecule has 0 saturated carbocycles. The second-order valence-electron chi connectivity index (χ2n) is 10.8. The maximum Gasteiger partial charge on any atom is 0.392 e. The number of nitrogens with zero attached hydrogens (tertiary/aromatic N) is 3. The van der Waals surface area contributed by atoms with Crippen molar-refractivity contribution in [1.29, 1.82) is 0 Å². The predicted octanol–water partition coefficient (Wildman–Crippen LogP) is 1.70. The molecule has 0 radical (unpaired) electrons. The maximum absolute atomic E-state index is 11.1. The first-order chi connectivity index (χ1) is 18.2. The van der Waals surface area contributed by atoms with Gasteiger partial charge in [-0.05, 0) is 40.0 Å². The van der Waals surface area contributed by atoms with Crippen molar-refractivity contribution in [3.05, 3.63) is 36.5 Å². The van der Waals surface area contributed by atoms with Crippen LogP contribution in [0.5, 0.6) is 0 Å². The summed E-state index contributed by atoms with van der Waals surface area (Å²) in [5.74, 6) is -0.977. The fraction of sp³-hybridized carbons (Fsp3) is 0.667. The largest absolute Gasteiger partial charge is 0.822 e. The number of carbonyl (C=O) groups is 3. The highest BCUT2D eigenvalue weighted by Crippen LogP contribution is 2.06. The van der Waals surface area contributed by atoms with Gasteiger partial charge in [-0.1, -0.05) is 40.5 Å². The number of hydrogen-bond acceptors (Lipinski definition) is 10. The summed E-state index contributed by atoms with van der Waals surface area (Å²) < 4.78 is 9.35. The summed E-state index contributed by atoms with van der Waals surface area (Å²) in [6, 6.07) is 0. The van der Waals surface area contributed by atoms with Gasteiger partial charge in [0.1, 0.15) is 61.9 Å². The van der Waals surface area contributed by atoms with Gasteiger partial charge in [-0.15, -0.1) is 13.9 Å². The van der Waals surface area contributed by atoms with Crippen LogP contribution < -0.4 is 14.7 Å². The first-order valence-electron chi connectivity index (χ1n) is 13.1. The highest BCUT2D eigenvalue weighted by molar-refractivity contribution is 7.40. The van der Waals surface area contributed by atoms with E-state index in [0.29, 0.717) is 16.7 Å². The Hall–Kier alpha value is -2.38. The van der Waals surface area contributed by atoms with Gasteiger partial charge in [0.25, 0.3) is 0 Å². The van der Waals surface area contributed by atoms with E-state index in [4.69, 9.17) is 33.8 Å². The van der Waals surface area contributed by atoms with Crippen LogP contribution in [0.4, 0.5) is 0 Å². The third kappa shape index (κ3) is 35.6. The summed E-state index contributed by atoms with van der Waals surface area (Å²) in [6.45, 7) is 24.1. The van der Waals surface area contributed by atoms with E-state index in [1.165, 1.54) is 0 Å². The van der Waals surface area contributed by atoms with E-state index in [2.05, 4.69) is 40.5 Å². The van der Waals surface area contributed by atoms with E-state index < -0.39 is 7.82 Å². The van der Waals surface area contributed by atoms with Gasteiger partial charge in [0.15, 0.2) is 0 Å². The Bertz CT molecular complexity index is 801. The van der Waals surface area contributed by atoms with E-state index in [9.17, 15) is 14.4 Å². The molecule has 41 heavy (non-hydrogen) atoms. The lowest BCUT2D eigenvalue weighted by molar-refractivity contribution is -1.06. The first-order valence-corrected chi connectivity index (χ1v) is 14.5. The summed E-state index contributed by atoms with van der Waals surface area (Å²) in [5, 5.41) is 0. The average Bonchev–Trinajstić information content (AvgIpc) is 2.72. The zero-order valence-electron chi connectivity index (χ0n) is 27.2. The molecule has 0 aliphatic heterocycles. The Kier molecular flexibility index (Phi) is 23.7. The number of carbonyl (C=O) groups excluding carboxylic acids is 3. The summed E-state index contributed by atoms with van der Waals surface area (Å²) in [5.41, 5.74) is 1.33. The van der Waals surface area contributed by atoms with Gasteiger partial charge in [-0.2, -0.15) is 7.82 Å². The maximum atomic E-state index is 11.1. The molecule has 0 bridgehead atoms. The van der Waals surface area contributed by atoms with Gasteiger partial charge in [0.2, 0.25) is 0 Å². The van der Waals surface area contributed by atoms with Crippen LogP contribution in [0.3, 0.4) is 0 Å². The van der Waals surface area contributed by atoms with E-state index in [1.54, 1.807) is 20.8 Å². The fourth-order valence-electron chi connectivity index (χ4n) is 2.66. The molecule has 0 heterocycles. The normalized spacial score (nSPS) is 11.1. The number of rotatable bonds is 12. The molecule has 0 rings (SSSR count). The third-order valence-electron chi connectivity index (χ3n) is 4.32. The quantitative estimate of drug-likeness (QED) is 0.137. The Morgan fingerprint density at radius 3 is 0.805 bits per heavy atom. The Balaban J connectivity index is -0.000000231. The van der Waals surface area contributed by atoms with Crippen molar-refractivity contribution < 1.29 is 62.1 Å². The molecule has 0 aromatic rings. The lowest BCUT2D eigenvalue weighted by atomic mass is 10.4. The van der Waals surface area contributed by atoms with Gasteiger partial charge in [-0.3, -0.25) is 14.5 Å². The molecule has 0 aromatic heterocycles. The van der Waals surface area contributed by atoms with Gasteiger partial charge in [-0.25, -0.2) is 14.4 Å². The summed E-state index contributed by atoms with van der Waals surface area (Å²) in [6.07, 6.45) is 2.95. The highest BCUT2D eigenvalue weighted by atomic mass is 31.2. The number of quaternary nitrogens is 3. The molecule has 0 saturated heterocycles. The van der Waals surface area contributed by atoms with Crippen molar-refractivity contribution in [1.82, 2.24) is 0 Å². The molecule has 0 fully saturated rings. The topological polar surface area (TPSA) is 165 Å². The summed E-state index contributed by atoms with van der Waals surface area (Å²) >= 11 is 0. The SMILES string of the molecule is C=C(C)C(=O)O[N+](C)(C)CCC.C=C(C)C(=O)O[N+](C)(C)CCC.C=C(C)C(=O)O[N+](C)(C)CCC.O=P([O-])([O-])[O-]. The van der Waals surface area contributed by atoms with Crippen LogP contribution in [0.1, 0.15) is 60.8 Å². The van der Waals surface area contributed by atoms with E-state index in [-0.39, 0.29) is 31.8 Å². The molecule has 0 N–H and O–H groups in total. The second kappa shape index (κ2) is 21.3. The minimum atomic E-state index is -5.39. The van der Waals surface area contributed by atoms with Crippen LogP contribution in [-0.4, -0.2) is 93.8 Å². The van der Waals surface area contributed by atoms with Crippen molar-refractivity contribution in [3.63, 3.8) is 0 Å². The van der Waals surface area contributed by atoms with Crippen LogP contribution in [-0.2, 0) is 33.5 Å². The van der Waals surface area contributed by atoms with Gasteiger partial charge in [0, 0.05) is 16.7 Å². The predicted molar refractivity (Wildman–Crippen MR) is 152 cm³/mol. The molecular weight excluding hydrogens is 557 g/mol. The van der Waals surface area contributed by atoms with Crippen LogP contribution in [0, 0.1) is 0 Å². The van der Waals surface area contributed by atoms with Crippen LogP contribution in [0.15, 0.2) is 36.5 Å². The molecule has 0 spiro atoms. The molecule has 242 valence electrons. The highest BCUT2D eigenvalue weighted by Gasteiger charge is 2.22. The minimum Gasteiger partial charge on any atom is -0.822 e. The lowest BCUT2D eigenvalue weighted by Crippen LogP contribution is -2.42. The van der Waals surface area contributed by atoms with Gasteiger partial charge in [0.05, 0.1) is 0 Å². The van der Waals surface area contributed by atoms with Gasteiger partial charge >= 0.3 is 17.9 Å². The molecule has 0 unspecified atom stereocenters. The smallest absolute Gasteiger partial charge is 0.392 e. The average molecular weight is 612 g/mol. The monoisotopic (exact) mass is 611 g/mol. The zero-order valence-corrected chi connectivity index (χ0v) is 28.1. The van der Waals surface area contributed by atoms with E-state index in [0.717, 1.165) is 38.9 Å². The van der Waals surface area contributed by atoms with E-state index >= 15 is 0 Å². The molecule has 0 aliphatic carbocycles. The van der Waals surface area contributed by atoms with Crippen LogP contribution in [0.25, 0.3) is 0 Å². The standard InChI is InChI=1S/3C9H18NO2.H3O4P/c3*1-6-7-10(4,5)12-9(11)8(2)3;1-5(2,3)4/h3*2,6-7H2,1,3-5H3;(H3,1,2,3,4)/q3*+1;/p-3. The molecule has 0 atom stereocenters. The number of phosphoric acid groups is 1. The summed E-state index contributed by atoms with van der Waals surface area (Å²) in [4.78, 5) is 74.3. The second-order valence-corrected chi connectivity index (χ2v) is 11.7. The Morgan fingerprint density at radius 1 is 0.561 bits per heavy atom. The number of hydrogen-bond donors (Lipinski definition) is 0. The zero-order chi connectivity index (χ0) is 33.8.